The van der Waals surface area contributed by atoms with Crippen LogP contribution in [-0.4, -0.2) is 23.3 Å². The number of amides is 2. The second-order valence-corrected chi connectivity index (χ2v) is 7.55. The smallest absolute Gasteiger partial charge is 0.227 e. The maximum absolute atomic E-state index is 12.5. The van der Waals surface area contributed by atoms with Crippen LogP contribution in [0.5, 0.6) is 0 Å². The quantitative estimate of drug-likeness (QED) is 0.690. The van der Waals surface area contributed by atoms with Gasteiger partial charge in [0.1, 0.15) is 5.52 Å². The van der Waals surface area contributed by atoms with E-state index < -0.39 is 0 Å². The highest BCUT2D eigenvalue weighted by Gasteiger charge is 2.35. The van der Waals surface area contributed by atoms with Crippen LogP contribution >= 0.6 is 15.9 Å². The van der Waals surface area contributed by atoms with Crippen molar-refractivity contribution >= 4 is 44.5 Å². The average molecular weight is 428 g/mol. The number of hydrogen-bond donors (Lipinski definition) is 1. The molecule has 0 aliphatic carbocycles. The number of carbonyl (C=O) groups is 2. The SMILES string of the molecule is Cc1nc2cc(N3C[C@@H](C(=O)NCc4ccc(Br)cc4)CC3=O)ccc2o1. The lowest BCUT2D eigenvalue weighted by atomic mass is 10.1. The Morgan fingerprint density at radius 2 is 2.07 bits per heavy atom. The van der Waals surface area contributed by atoms with Crippen molar-refractivity contribution in [1.29, 1.82) is 0 Å². The van der Waals surface area contributed by atoms with Crippen LogP contribution in [0.1, 0.15) is 17.9 Å². The standard InChI is InChI=1S/C20H18BrN3O3/c1-12-23-17-9-16(6-7-18(17)27-12)24-11-14(8-19(24)25)20(26)22-10-13-2-4-15(21)5-3-13/h2-7,9,14H,8,10-11H2,1H3,(H,22,26)/t14-/m0/s1. The molecule has 2 heterocycles. The van der Waals surface area contributed by atoms with Crippen molar-refractivity contribution in [3.05, 3.63) is 58.4 Å². The molecule has 7 heteroatoms. The molecule has 0 spiro atoms. The summed E-state index contributed by atoms with van der Waals surface area (Å²) in [5, 5.41) is 2.93. The van der Waals surface area contributed by atoms with Crippen LogP contribution < -0.4 is 10.2 Å². The Hall–Kier alpha value is -2.67. The molecule has 0 saturated carbocycles. The van der Waals surface area contributed by atoms with Gasteiger partial charge in [0.25, 0.3) is 0 Å². The van der Waals surface area contributed by atoms with E-state index in [9.17, 15) is 9.59 Å². The number of benzene rings is 2. The summed E-state index contributed by atoms with van der Waals surface area (Å²) in [7, 11) is 0. The van der Waals surface area contributed by atoms with Crippen molar-refractivity contribution < 1.29 is 14.0 Å². The lowest BCUT2D eigenvalue weighted by Crippen LogP contribution is -2.32. The molecule has 1 fully saturated rings. The molecule has 4 rings (SSSR count). The Bertz CT molecular complexity index is 1010. The minimum atomic E-state index is -0.359. The molecule has 1 aromatic heterocycles. The normalized spacial score (nSPS) is 16.9. The van der Waals surface area contributed by atoms with Crippen LogP contribution in [0.15, 0.2) is 51.4 Å². The molecule has 1 aliphatic rings. The maximum atomic E-state index is 12.5. The summed E-state index contributed by atoms with van der Waals surface area (Å²) in [6.07, 6.45) is 0.210. The fourth-order valence-corrected chi connectivity index (χ4v) is 3.53. The molecule has 138 valence electrons. The lowest BCUT2D eigenvalue weighted by molar-refractivity contribution is -0.126. The lowest BCUT2D eigenvalue weighted by Gasteiger charge is -2.16. The molecule has 1 atom stereocenters. The number of hydrogen-bond acceptors (Lipinski definition) is 4. The van der Waals surface area contributed by atoms with Gasteiger partial charge < -0.3 is 14.6 Å². The van der Waals surface area contributed by atoms with Crippen molar-refractivity contribution in [1.82, 2.24) is 10.3 Å². The molecule has 2 amide bonds. The number of fused-ring (bicyclic) bond motifs is 1. The summed E-state index contributed by atoms with van der Waals surface area (Å²) in [4.78, 5) is 30.9. The van der Waals surface area contributed by atoms with Gasteiger partial charge in [0.15, 0.2) is 11.5 Å². The van der Waals surface area contributed by atoms with Gasteiger partial charge in [-0.05, 0) is 35.9 Å². The first kappa shape index (κ1) is 17.7. The molecule has 2 aromatic carbocycles. The fourth-order valence-electron chi connectivity index (χ4n) is 3.27. The van der Waals surface area contributed by atoms with Crippen LogP contribution in [-0.2, 0) is 16.1 Å². The highest BCUT2D eigenvalue weighted by molar-refractivity contribution is 9.10. The molecule has 6 nitrogen and oxygen atoms in total. The van der Waals surface area contributed by atoms with E-state index in [1.807, 2.05) is 36.4 Å². The van der Waals surface area contributed by atoms with Crippen molar-refractivity contribution in [2.24, 2.45) is 5.92 Å². The highest BCUT2D eigenvalue weighted by Crippen LogP contribution is 2.28. The van der Waals surface area contributed by atoms with E-state index in [0.29, 0.717) is 30.1 Å². The van der Waals surface area contributed by atoms with Crippen molar-refractivity contribution in [2.45, 2.75) is 19.9 Å². The summed E-state index contributed by atoms with van der Waals surface area (Å²) >= 11 is 3.39. The maximum Gasteiger partial charge on any atom is 0.227 e. The van der Waals surface area contributed by atoms with Gasteiger partial charge in [0.05, 0.1) is 5.92 Å². The van der Waals surface area contributed by atoms with Crippen LogP contribution in [0.25, 0.3) is 11.1 Å². The number of aryl methyl sites for hydroxylation is 1. The molecule has 3 aromatic rings. The number of carbonyl (C=O) groups excluding carboxylic acids is 2. The molecule has 1 N–H and O–H groups in total. The molecule has 27 heavy (non-hydrogen) atoms. The number of halogens is 1. The topological polar surface area (TPSA) is 75.4 Å². The average Bonchev–Trinajstić information content (AvgIpc) is 3.22. The van der Waals surface area contributed by atoms with Gasteiger partial charge in [-0.15, -0.1) is 0 Å². The summed E-state index contributed by atoms with van der Waals surface area (Å²) in [5.74, 6) is 0.0632. The first-order valence-corrected chi connectivity index (χ1v) is 9.48. The van der Waals surface area contributed by atoms with Crippen LogP contribution in [0.2, 0.25) is 0 Å². The van der Waals surface area contributed by atoms with E-state index in [1.165, 1.54) is 0 Å². The van der Waals surface area contributed by atoms with E-state index in [4.69, 9.17) is 4.42 Å². The second kappa shape index (κ2) is 7.15. The zero-order valence-corrected chi connectivity index (χ0v) is 16.3. The van der Waals surface area contributed by atoms with E-state index in [-0.39, 0.29) is 24.2 Å². The molecule has 0 bridgehead atoms. The zero-order valence-electron chi connectivity index (χ0n) is 14.7. The van der Waals surface area contributed by atoms with Crippen molar-refractivity contribution in [3.8, 4) is 0 Å². The van der Waals surface area contributed by atoms with Gasteiger partial charge in [-0.2, -0.15) is 0 Å². The Morgan fingerprint density at radius 3 is 2.85 bits per heavy atom. The Kier molecular flexibility index (Phi) is 4.70. The Morgan fingerprint density at radius 1 is 1.30 bits per heavy atom. The van der Waals surface area contributed by atoms with Crippen molar-refractivity contribution in [3.63, 3.8) is 0 Å². The van der Waals surface area contributed by atoms with Gasteiger partial charge in [-0.3, -0.25) is 9.59 Å². The van der Waals surface area contributed by atoms with E-state index in [0.717, 1.165) is 15.7 Å². The Labute approximate surface area is 164 Å². The summed E-state index contributed by atoms with van der Waals surface area (Å²) in [6, 6.07) is 13.2. The first-order valence-electron chi connectivity index (χ1n) is 8.69. The monoisotopic (exact) mass is 427 g/mol. The van der Waals surface area contributed by atoms with Crippen LogP contribution in [0.3, 0.4) is 0 Å². The van der Waals surface area contributed by atoms with Crippen LogP contribution in [0, 0.1) is 12.8 Å². The zero-order chi connectivity index (χ0) is 19.0. The highest BCUT2D eigenvalue weighted by atomic mass is 79.9. The number of rotatable bonds is 4. The summed E-state index contributed by atoms with van der Waals surface area (Å²) in [5.41, 5.74) is 3.15. The van der Waals surface area contributed by atoms with Gasteiger partial charge in [0.2, 0.25) is 11.8 Å². The Balaban J connectivity index is 1.42. The molecule has 1 saturated heterocycles. The summed E-state index contributed by atoms with van der Waals surface area (Å²) in [6.45, 7) is 2.60. The third-order valence-electron chi connectivity index (χ3n) is 4.67. The number of aromatic nitrogens is 1. The van der Waals surface area contributed by atoms with E-state index in [2.05, 4.69) is 26.2 Å². The van der Waals surface area contributed by atoms with Gasteiger partial charge in [-0.25, -0.2) is 4.98 Å². The molecule has 1 aliphatic heterocycles. The first-order chi connectivity index (χ1) is 13.0. The van der Waals surface area contributed by atoms with Gasteiger partial charge in [-0.1, -0.05) is 28.1 Å². The number of nitrogens with zero attached hydrogens (tertiary/aromatic N) is 2. The fraction of sp³-hybridized carbons (Fsp3) is 0.250. The number of nitrogens with one attached hydrogen (secondary N) is 1. The molecular formula is C20H18BrN3O3. The van der Waals surface area contributed by atoms with Crippen molar-refractivity contribution in [2.75, 3.05) is 11.4 Å². The van der Waals surface area contributed by atoms with Crippen LogP contribution in [0.4, 0.5) is 5.69 Å². The largest absolute Gasteiger partial charge is 0.441 e. The minimum Gasteiger partial charge on any atom is -0.441 e. The van der Waals surface area contributed by atoms with E-state index >= 15 is 0 Å². The molecule has 0 radical (unpaired) electrons. The summed E-state index contributed by atoms with van der Waals surface area (Å²) < 4.78 is 6.47. The predicted molar refractivity (Wildman–Crippen MR) is 105 cm³/mol. The predicted octanol–water partition coefficient (Wildman–Crippen LogP) is 3.57. The van der Waals surface area contributed by atoms with E-state index in [1.54, 1.807) is 17.9 Å². The molecular weight excluding hydrogens is 410 g/mol. The number of oxazole rings is 1. The number of anilines is 1. The van der Waals surface area contributed by atoms with Gasteiger partial charge in [0, 0.05) is 36.6 Å². The molecule has 0 unspecified atom stereocenters. The third kappa shape index (κ3) is 3.73. The minimum absolute atomic E-state index is 0.0571. The third-order valence-corrected chi connectivity index (χ3v) is 5.19. The van der Waals surface area contributed by atoms with Gasteiger partial charge >= 0.3 is 0 Å². The second-order valence-electron chi connectivity index (χ2n) is 6.63.